The highest BCUT2D eigenvalue weighted by molar-refractivity contribution is 7.15. The molecule has 0 aliphatic heterocycles. The predicted molar refractivity (Wildman–Crippen MR) is 61.9 cm³/mol. The molecule has 2 rings (SSSR count). The van der Waals surface area contributed by atoms with Crippen molar-refractivity contribution < 1.29 is 0 Å². The van der Waals surface area contributed by atoms with Gasteiger partial charge in [-0.15, -0.1) is 11.3 Å². The van der Waals surface area contributed by atoms with E-state index in [1.807, 2.05) is 6.92 Å². The molecule has 74 valence electrons. The van der Waals surface area contributed by atoms with Crippen molar-refractivity contribution in [2.45, 2.75) is 26.7 Å². The van der Waals surface area contributed by atoms with Crippen LogP contribution in [-0.4, -0.2) is 9.38 Å². The van der Waals surface area contributed by atoms with E-state index in [0.29, 0.717) is 5.92 Å². The van der Waals surface area contributed by atoms with Gasteiger partial charge in [0.25, 0.3) is 0 Å². The molecule has 14 heavy (non-hydrogen) atoms. The zero-order chi connectivity index (χ0) is 10.3. The van der Waals surface area contributed by atoms with Crippen LogP contribution >= 0.6 is 11.3 Å². The lowest BCUT2D eigenvalue weighted by Crippen LogP contribution is -1.87. The topological polar surface area (TPSA) is 17.3 Å². The SMILES string of the molecule is C=C(C)c1csc2nc(C(C)C)cn12. The molecule has 2 nitrogen and oxygen atoms in total. The Morgan fingerprint density at radius 2 is 2.29 bits per heavy atom. The van der Waals surface area contributed by atoms with Crippen LogP contribution in [0.1, 0.15) is 38.1 Å². The molecule has 0 saturated carbocycles. The fourth-order valence-corrected chi connectivity index (χ4v) is 2.34. The molecule has 2 aromatic heterocycles. The number of hydrogen-bond acceptors (Lipinski definition) is 2. The molecule has 0 aromatic carbocycles. The minimum Gasteiger partial charge on any atom is -0.290 e. The fourth-order valence-electron chi connectivity index (χ4n) is 1.39. The molecule has 0 radical (unpaired) electrons. The average Bonchev–Trinajstić information content (AvgIpc) is 2.58. The van der Waals surface area contributed by atoms with E-state index in [0.717, 1.165) is 16.2 Å². The van der Waals surface area contributed by atoms with Gasteiger partial charge >= 0.3 is 0 Å². The number of nitrogens with zero attached hydrogens (tertiary/aromatic N) is 2. The number of fused-ring (bicyclic) bond motifs is 1. The van der Waals surface area contributed by atoms with E-state index < -0.39 is 0 Å². The molecule has 2 heterocycles. The molecule has 0 spiro atoms. The highest BCUT2D eigenvalue weighted by atomic mass is 32.1. The zero-order valence-electron chi connectivity index (χ0n) is 8.74. The third-order valence-electron chi connectivity index (χ3n) is 2.26. The van der Waals surface area contributed by atoms with E-state index in [1.165, 1.54) is 5.69 Å². The maximum atomic E-state index is 4.56. The van der Waals surface area contributed by atoms with Crippen molar-refractivity contribution in [3.8, 4) is 0 Å². The van der Waals surface area contributed by atoms with E-state index >= 15 is 0 Å². The van der Waals surface area contributed by atoms with Gasteiger partial charge in [-0.25, -0.2) is 4.98 Å². The molecule has 0 bridgehead atoms. The summed E-state index contributed by atoms with van der Waals surface area (Å²) in [5.74, 6) is 0.486. The second kappa shape index (κ2) is 3.24. The smallest absolute Gasteiger partial charge is 0.194 e. The van der Waals surface area contributed by atoms with Crippen molar-refractivity contribution in [2.75, 3.05) is 0 Å². The van der Waals surface area contributed by atoms with E-state index in [2.05, 4.69) is 41.4 Å². The Morgan fingerprint density at radius 1 is 1.57 bits per heavy atom. The van der Waals surface area contributed by atoms with E-state index in [-0.39, 0.29) is 0 Å². The maximum Gasteiger partial charge on any atom is 0.194 e. The molecule has 2 aromatic rings. The number of hydrogen-bond donors (Lipinski definition) is 0. The summed E-state index contributed by atoms with van der Waals surface area (Å²) in [5.41, 5.74) is 3.41. The molecule has 0 atom stereocenters. The molecule has 0 aliphatic carbocycles. The third kappa shape index (κ3) is 1.38. The fraction of sp³-hybridized carbons (Fsp3) is 0.364. The molecule has 0 amide bonds. The molecule has 3 heteroatoms. The van der Waals surface area contributed by atoms with Gasteiger partial charge in [0.15, 0.2) is 4.96 Å². The first-order valence-corrected chi connectivity index (χ1v) is 5.60. The normalized spacial score (nSPS) is 11.4. The van der Waals surface area contributed by atoms with Gasteiger partial charge in [0.2, 0.25) is 0 Å². The lowest BCUT2D eigenvalue weighted by atomic mass is 10.2. The summed E-state index contributed by atoms with van der Waals surface area (Å²) >= 11 is 1.67. The van der Waals surface area contributed by atoms with Crippen LogP contribution in [0.15, 0.2) is 18.2 Å². The molecular formula is C11H14N2S. The molecule has 0 unspecified atom stereocenters. The van der Waals surface area contributed by atoms with Gasteiger partial charge in [-0.3, -0.25) is 4.40 Å². The van der Waals surface area contributed by atoms with Gasteiger partial charge < -0.3 is 0 Å². The van der Waals surface area contributed by atoms with Crippen LogP contribution in [0, 0.1) is 0 Å². The molecule has 0 fully saturated rings. The van der Waals surface area contributed by atoms with Crippen molar-refractivity contribution >= 4 is 21.9 Å². The lowest BCUT2D eigenvalue weighted by molar-refractivity contribution is 0.834. The van der Waals surface area contributed by atoms with Crippen LogP contribution in [0.3, 0.4) is 0 Å². The van der Waals surface area contributed by atoms with Crippen molar-refractivity contribution in [1.29, 1.82) is 0 Å². The molecular weight excluding hydrogens is 192 g/mol. The van der Waals surface area contributed by atoms with Crippen molar-refractivity contribution in [3.63, 3.8) is 0 Å². The Morgan fingerprint density at radius 3 is 2.86 bits per heavy atom. The first-order valence-electron chi connectivity index (χ1n) is 4.72. The molecule has 0 N–H and O–H groups in total. The minimum absolute atomic E-state index is 0.486. The Bertz CT molecular complexity index is 476. The van der Waals surface area contributed by atoms with E-state index in [1.54, 1.807) is 11.3 Å². The second-order valence-electron chi connectivity index (χ2n) is 3.87. The molecule has 0 aliphatic rings. The summed E-state index contributed by atoms with van der Waals surface area (Å²) in [6.45, 7) is 10.3. The number of thiazole rings is 1. The quantitative estimate of drug-likeness (QED) is 0.734. The zero-order valence-corrected chi connectivity index (χ0v) is 9.56. The minimum atomic E-state index is 0.486. The maximum absolute atomic E-state index is 4.56. The number of rotatable bonds is 2. The Labute approximate surface area is 87.9 Å². The lowest BCUT2D eigenvalue weighted by Gasteiger charge is -1.97. The van der Waals surface area contributed by atoms with Crippen LogP contribution in [0.2, 0.25) is 0 Å². The molecule has 0 saturated heterocycles. The van der Waals surface area contributed by atoms with Crippen LogP contribution in [-0.2, 0) is 0 Å². The predicted octanol–water partition coefficient (Wildman–Crippen LogP) is 3.55. The summed E-state index contributed by atoms with van der Waals surface area (Å²) in [4.78, 5) is 5.62. The number of allylic oxidation sites excluding steroid dienone is 1. The first-order chi connectivity index (χ1) is 6.59. The van der Waals surface area contributed by atoms with E-state index in [4.69, 9.17) is 0 Å². The van der Waals surface area contributed by atoms with Gasteiger partial charge in [0.1, 0.15) is 0 Å². The van der Waals surface area contributed by atoms with Crippen molar-refractivity contribution in [2.24, 2.45) is 0 Å². The van der Waals surface area contributed by atoms with Crippen LogP contribution in [0.25, 0.3) is 10.5 Å². The van der Waals surface area contributed by atoms with Crippen LogP contribution < -0.4 is 0 Å². The summed E-state index contributed by atoms with van der Waals surface area (Å²) in [5, 5.41) is 2.11. The summed E-state index contributed by atoms with van der Waals surface area (Å²) in [6.07, 6.45) is 2.11. The van der Waals surface area contributed by atoms with Gasteiger partial charge in [-0.1, -0.05) is 20.4 Å². The van der Waals surface area contributed by atoms with Crippen molar-refractivity contribution in [3.05, 3.63) is 29.5 Å². The summed E-state index contributed by atoms with van der Waals surface area (Å²) < 4.78 is 2.13. The summed E-state index contributed by atoms with van der Waals surface area (Å²) in [6, 6.07) is 0. The second-order valence-corrected chi connectivity index (χ2v) is 4.71. The van der Waals surface area contributed by atoms with E-state index in [9.17, 15) is 0 Å². The third-order valence-corrected chi connectivity index (χ3v) is 3.10. The number of aromatic nitrogens is 2. The van der Waals surface area contributed by atoms with Gasteiger partial charge in [0.05, 0.1) is 11.4 Å². The highest BCUT2D eigenvalue weighted by Crippen LogP contribution is 2.24. The Balaban J connectivity index is 2.61. The largest absolute Gasteiger partial charge is 0.290 e. The average molecular weight is 206 g/mol. The Hall–Kier alpha value is -1.09. The summed E-state index contributed by atoms with van der Waals surface area (Å²) in [7, 11) is 0. The number of imidazole rings is 1. The Kier molecular flexibility index (Phi) is 2.19. The van der Waals surface area contributed by atoms with Gasteiger partial charge in [0, 0.05) is 11.6 Å². The van der Waals surface area contributed by atoms with Crippen LogP contribution in [0.5, 0.6) is 0 Å². The monoisotopic (exact) mass is 206 g/mol. The van der Waals surface area contributed by atoms with Gasteiger partial charge in [-0.05, 0) is 18.4 Å². The highest BCUT2D eigenvalue weighted by Gasteiger charge is 2.09. The van der Waals surface area contributed by atoms with Gasteiger partial charge in [-0.2, -0.15) is 0 Å². The van der Waals surface area contributed by atoms with Crippen molar-refractivity contribution in [1.82, 2.24) is 9.38 Å². The van der Waals surface area contributed by atoms with Crippen LogP contribution in [0.4, 0.5) is 0 Å². The standard InChI is InChI=1S/C11H14N2S/c1-7(2)9-5-13-10(8(3)4)6-14-11(13)12-9/h5-7H,3H2,1-2,4H3. The first kappa shape index (κ1) is 9.46.